The van der Waals surface area contributed by atoms with E-state index in [1.165, 1.54) is 19.8 Å². The minimum absolute atomic E-state index is 0.144. The highest BCUT2D eigenvalue weighted by atomic mass is 16.7. The van der Waals surface area contributed by atoms with Gasteiger partial charge in [0.2, 0.25) is 0 Å². The Morgan fingerprint density at radius 2 is 2.35 bits per heavy atom. The van der Waals surface area contributed by atoms with Crippen LogP contribution < -0.4 is 5.73 Å². The lowest BCUT2D eigenvalue weighted by Crippen LogP contribution is -2.32. The van der Waals surface area contributed by atoms with Crippen molar-refractivity contribution in [2.45, 2.75) is 24.5 Å². The maximum Gasteiger partial charge on any atom is 0.194 e. The van der Waals surface area contributed by atoms with E-state index in [2.05, 4.69) is 15.0 Å². The summed E-state index contributed by atoms with van der Waals surface area (Å²) in [5.74, 6) is -1.38. The SMILES string of the molecule is CO[C@@H]1C[C@@](O)(CO)O[C@H]1n1cnc2c(N)ncnc21. The standard InChI is InChI=1S/C11H15N5O4/c1-19-6-2-11(18,3-17)20-10(6)16-5-15-7-8(12)13-4-14-9(7)16/h4-6,10,17-18H,2-3H2,1H3,(H2,12,13,14)/t6-,10-,11+/m1/s1. The smallest absolute Gasteiger partial charge is 0.194 e. The number of fused-ring (bicyclic) bond motifs is 1. The first-order valence-electron chi connectivity index (χ1n) is 6.05. The minimum atomic E-state index is -1.64. The fourth-order valence-corrected chi connectivity index (χ4v) is 2.36. The second-order valence-electron chi connectivity index (χ2n) is 4.67. The van der Waals surface area contributed by atoms with Crippen LogP contribution >= 0.6 is 0 Å². The first-order chi connectivity index (χ1) is 9.58. The zero-order valence-electron chi connectivity index (χ0n) is 10.8. The molecule has 0 amide bonds. The van der Waals surface area contributed by atoms with E-state index >= 15 is 0 Å². The molecule has 9 heteroatoms. The molecule has 1 saturated heterocycles. The van der Waals surface area contributed by atoms with Crippen LogP contribution in [-0.4, -0.2) is 55.3 Å². The van der Waals surface area contributed by atoms with Crippen molar-refractivity contribution < 1.29 is 19.7 Å². The van der Waals surface area contributed by atoms with Crippen molar-refractivity contribution in [1.82, 2.24) is 19.5 Å². The highest BCUT2D eigenvalue weighted by molar-refractivity contribution is 5.81. The summed E-state index contributed by atoms with van der Waals surface area (Å²) in [6, 6.07) is 0. The highest BCUT2D eigenvalue weighted by Crippen LogP contribution is 2.37. The molecule has 4 N–H and O–H groups in total. The number of nitrogens with two attached hydrogens (primary N) is 1. The molecule has 20 heavy (non-hydrogen) atoms. The summed E-state index contributed by atoms with van der Waals surface area (Å²) in [5, 5.41) is 19.3. The van der Waals surface area contributed by atoms with Gasteiger partial charge in [0.05, 0.1) is 12.9 Å². The maximum atomic E-state index is 10.1. The van der Waals surface area contributed by atoms with Crippen molar-refractivity contribution in [3.05, 3.63) is 12.7 Å². The fourth-order valence-electron chi connectivity index (χ4n) is 2.36. The number of nitrogen functional groups attached to an aromatic ring is 1. The second kappa shape index (κ2) is 4.63. The molecule has 1 fully saturated rings. The zero-order valence-corrected chi connectivity index (χ0v) is 10.8. The fraction of sp³-hybridized carbons (Fsp3) is 0.545. The van der Waals surface area contributed by atoms with E-state index in [9.17, 15) is 10.2 Å². The summed E-state index contributed by atoms with van der Waals surface area (Å²) < 4.78 is 12.4. The Kier molecular flexibility index (Phi) is 3.05. The number of methoxy groups -OCH3 is 1. The number of aliphatic hydroxyl groups is 2. The number of aliphatic hydroxyl groups excluding tert-OH is 1. The third-order valence-electron chi connectivity index (χ3n) is 3.39. The molecule has 0 spiro atoms. The van der Waals surface area contributed by atoms with Crippen LogP contribution in [0.5, 0.6) is 0 Å². The van der Waals surface area contributed by atoms with E-state index < -0.39 is 24.7 Å². The molecule has 3 heterocycles. The lowest BCUT2D eigenvalue weighted by molar-refractivity contribution is -0.226. The molecule has 0 bridgehead atoms. The van der Waals surface area contributed by atoms with Crippen molar-refractivity contribution in [1.29, 1.82) is 0 Å². The van der Waals surface area contributed by atoms with E-state index in [0.717, 1.165) is 0 Å². The average Bonchev–Trinajstić information content (AvgIpc) is 3.01. The van der Waals surface area contributed by atoms with Crippen LogP contribution in [0.15, 0.2) is 12.7 Å². The topological polar surface area (TPSA) is 129 Å². The van der Waals surface area contributed by atoms with Gasteiger partial charge in [-0.1, -0.05) is 0 Å². The Labute approximate surface area is 114 Å². The molecule has 0 radical (unpaired) electrons. The molecular formula is C11H15N5O4. The van der Waals surface area contributed by atoms with Gasteiger partial charge < -0.3 is 25.4 Å². The van der Waals surface area contributed by atoms with Gasteiger partial charge in [0, 0.05) is 13.5 Å². The monoisotopic (exact) mass is 281 g/mol. The number of nitrogens with zero attached hydrogens (tertiary/aromatic N) is 4. The number of rotatable bonds is 3. The molecule has 3 rings (SSSR count). The van der Waals surface area contributed by atoms with E-state index in [1.54, 1.807) is 4.57 Å². The molecule has 2 aromatic rings. The van der Waals surface area contributed by atoms with Gasteiger partial charge in [0.15, 0.2) is 23.5 Å². The molecule has 1 aliphatic rings. The van der Waals surface area contributed by atoms with E-state index in [0.29, 0.717) is 11.2 Å². The highest BCUT2D eigenvalue weighted by Gasteiger charge is 2.46. The van der Waals surface area contributed by atoms with Crippen molar-refractivity contribution in [3.8, 4) is 0 Å². The van der Waals surface area contributed by atoms with Gasteiger partial charge in [-0.2, -0.15) is 0 Å². The third-order valence-corrected chi connectivity index (χ3v) is 3.39. The van der Waals surface area contributed by atoms with Crippen LogP contribution in [0.4, 0.5) is 5.82 Å². The number of ether oxygens (including phenoxy) is 2. The predicted molar refractivity (Wildman–Crippen MR) is 67.3 cm³/mol. The summed E-state index contributed by atoms with van der Waals surface area (Å²) in [4.78, 5) is 12.1. The largest absolute Gasteiger partial charge is 0.391 e. The van der Waals surface area contributed by atoms with Crippen LogP contribution in [0.2, 0.25) is 0 Å². The van der Waals surface area contributed by atoms with Gasteiger partial charge in [0.25, 0.3) is 0 Å². The number of imidazole rings is 1. The summed E-state index contributed by atoms with van der Waals surface area (Å²) >= 11 is 0. The molecule has 108 valence electrons. The Balaban J connectivity index is 2.04. The Hall–Kier alpha value is -1.81. The lowest BCUT2D eigenvalue weighted by Gasteiger charge is -2.21. The second-order valence-corrected chi connectivity index (χ2v) is 4.67. The van der Waals surface area contributed by atoms with Crippen LogP contribution in [0.25, 0.3) is 11.2 Å². The van der Waals surface area contributed by atoms with Gasteiger partial charge in [-0.15, -0.1) is 0 Å². The van der Waals surface area contributed by atoms with Crippen molar-refractivity contribution in [3.63, 3.8) is 0 Å². The van der Waals surface area contributed by atoms with Crippen LogP contribution in [-0.2, 0) is 9.47 Å². The molecular weight excluding hydrogens is 266 g/mol. The molecule has 0 aromatic carbocycles. The van der Waals surface area contributed by atoms with Gasteiger partial charge in [-0.3, -0.25) is 4.57 Å². The molecule has 0 aliphatic carbocycles. The Bertz CT molecular complexity index is 632. The van der Waals surface area contributed by atoms with E-state index in [4.69, 9.17) is 15.2 Å². The summed E-state index contributed by atoms with van der Waals surface area (Å²) in [5.41, 5.74) is 6.65. The Morgan fingerprint density at radius 1 is 1.55 bits per heavy atom. The molecule has 2 aromatic heterocycles. The van der Waals surface area contributed by atoms with Crippen LogP contribution in [0, 0.1) is 0 Å². The quantitative estimate of drug-likeness (QED) is 0.655. The van der Waals surface area contributed by atoms with Gasteiger partial charge >= 0.3 is 0 Å². The molecule has 1 aliphatic heterocycles. The molecule has 9 nitrogen and oxygen atoms in total. The maximum absolute atomic E-state index is 10.1. The van der Waals surface area contributed by atoms with Crippen LogP contribution in [0.3, 0.4) is 0 Å². The lowest BCUT2D eigenvalue weighted by atomic mass is 10.1. The number of hydrogen-bond acceptors (Lipinski definition) is 8. The Morgan fingerprint density at radius 3 is 3.05 bits per heavy atom. The first-order valence-corrected chi connectivity index (χ1v) is 6.05. The van der Waals surface area contributed by atoms with Crippen molar-refractivity contribution in [2.24, 2.45) is 0 Å². The molecule has 0 saturated carbocycles. The molecule has 3 atom stereocenters. The van der Waals surface area contributed by atoms with E-state index in [-0.39, 0.29) is 12.2 Å². The predicted octanol–water partition coefficient (Wildman–Crippen LogP) is -0.977. The zero-order chi connectivity index (χ0) is 14.3. The number of aromatic nitrogens is 4. The summed E-state index contributed by atoms with van der Waals surface area (Å²) in [6.45, 7) is -0.521. The summed E-state index contributed by atoms with van der Waals surface area (Å²) in [7, 11) is 1.51. The first kappa shape index (κ1) is 13.2. The summed E-state index contributed by atoms with van der Waals surface area (Å²) in [6.07, 6.45) is 1.86. The van der Waals surface area contributed by atoms with Gasteiger partial charge in [0.1, 0.15) is 17.9 Å². The number of anilines is 1. The average molecular weight is 281 g/mol. The normalized spacial score (nSPS) is 30.1. The van der Waals surface area contributed by atoms with E-state index in [1.807, 2.05) is 0 Å². The minimum Gasteiger partial charge on any atom is -0.391 e. The van der Waals surface area contributed by atoms with Crippen LogP contribution in [0.1, 0.15) is 12.6 Å². The third kappa shape index (κ3) is 1.91. The van der Waals surface area contributed by atoms with Crippen molar-refractivity contribution >= 4 is 17.0 Å². The van der Waals surface area contributed by atoms with Crippen molar-refractivity contribution in [2.75, 3.05) is 19.5 Å². The van der Waals surface area contributed by atoms with Gasteiger partial charge in [-0.05, 0) is 0 Å². The molecule has 0 unspecified atom stereocenters. The number of hydrogen-bond donors (Lipinski definition) is 3. The van der Waals surface area contributed by atoms with Gasteiger partial charge in [-0.25, -0.2) is 15.0 Å².